The van der Waals surface area contributed by atoms with E-state index >= 15 is 0 Å². The number of amides is 1. The van der Waals surface area contributed by atoms with Crippen molar-refractivity contribution in [2.24, 2.45) is 0 Å². The fourth-order valence-corrected chi connectivity index (χ4v) is 11.5. The van der Waals surface area contributed by atoms with Crippen LogP contribution >= 0.6 is 0 Å². The zero-order chi connectivity index (χ0) is 49.0. The number of aromatic nitrogens is 4. The molecule has 1 aromatic heterocycles. The quantitative estimate of drug-likeness (QED) is 0.0435. The second kappa shape index (κ2) is 22.6. The molecule has 1 aliphatic rings. The van der Waals surface area contributed by atoms with Gasteiger partial charge in [0.2, 0.25) is 15.9 Å². The average Bonchev–Trinajstić information content (AvgIpc) is 3.91. The molecule has 1 saturated heterocycles. The smallest absolute Gasteiger partial charge is 0.245 e. The van der Waals surface area contributed by atoms with Crippen molar-refractivity contribution < 1.29 is 17.9 Å². The summed E-state index contributed by atoms with van der Waals surface area (Å²) in [4.78, 5) is 14.0. The Morgan fingerprint density at radius 3 is 1.87 bits per heavy atom. The van der Waals surface area contributed by atoms with E-state index in [9.17, 15) is 13.2 Å². The molecule has 0 atom stereocenters. The molecule has 1 amide bonds. The summed E-state index contributed by atoms with van der Waals surface area (Å²) < 4.78 is 39.0. The molecule has 2 N–H and O–H groups in total. The summed E-state index contributed by atoms with van der Waals surface area (Å²) in [6.45, 7) is 3.87. The van der Waals surface area contributed by atoms with Crippen LogP contribution in [0, 0.1) is 0 Å². The van der Waals surface area contributed by atoms with Gasteiger partial charge in [-0.25, -0.2) is 18.5 Å². The van der Waals surface area contributed by atoms with Crippen molar-refractivity contribution in [2.75, 3.05) is 50.2 Å². The molecule has 9 rings (SSSR count). The number of rotatable bonds is 20. The Morgan fingerprint density at radius 1 is 0.704 bits per heavy atom. The molecule has 0 saturated carbocycles. The molecule has 1 aliphatic heterocycles. The predicted octanol–water partition coefficient (Wildman–Crippen LogP) is 10.2. The number of nitrogens with zero attached hydrogens (tertiary/aromatic N) is 6. The maximum atomic E-state index is 15.0. The molecule has 362 valence electrons. The van der Waals surface area contributed by atoms with Gasteiger partial charge in [0.05, 0.1) is 24.6 Å². The molecule has 0 aliphatic carbocycles. The molecular formula is C58H60N8O4S. The second-order valence-corrected chi connectivity index (χ2v) is 19.6. The third kappa shape index (κ3) is 10.6. The van der Waals surface area contributed by atoms with Crippen LogP contribution in [-0.4, -0.2) is 78.7 Å². The highest BCUT2D eigenvalue weighted by molar-refractivity contribution is 7.89. The molecule has 0 radical (unpaired) electrons. The summed E-state index contributed by atoms with van der Waals surface area (Å²) in [7, 11) is -2.24. The predicted molar refractivity (Wildman–Crippen MR) is 281 cm³/mol. The Labute approximate surface area is 417 Å². The first-order chi connectivity index (χ1) is 34.8. The Hall–Kier alpha value is -7.29. The second-order valence-electron chi connectivity index (χ2n) is 17.8. The van der Waals surface area contributed by atoms with Gasteiger partial charge in [0.1, 0.15) is 10.4 Å². The van der Waals surface area contributed by atoms with E-state index in [1.807, 2.05) is 132 Å². The van der Waals surface area contributed by atoms with Gasteiger partial charge in [0, 0.05) is 38.7 Å². The van der Waals surface area contributed by atoms with E-state index in [0.717, 1.165) is 69.5 Å². The highest BCUT2D eigenvalue weighted by atomic mass is 32.2. The van der Waals surface area contributed by atoms with Gasteiger partial charge in [-0.05, 0) is 86.3 Å². The zero-order valence-corrected chi connectivity index (χ0v) is 41.1. The van der Waals surface area contributed by atoms with E-state index < -0.39 is 15.6 Å². The van der Waals surface area contributed by atoms with Gasteiger partial charge >= 0.3 is 0 Å². The van der Waals surface area contributed by atoms with Gasteiger partial charge < -0.3 is 15.1 Å². The Morgan fingerprint density at radius 2 is 1.28 bits per heavy atom. The van der Waals surface area contributed by atoms with E-state index in [2.05, 4.69) is 83.5 Å². The normalized spacial score (nSPS) is 13.2. The molecule has 13 heteroatoms. The third-order valence-electron chi connectivity index (χ3n) is 13.2. The Balaban J connectivity index is 1.12. The van der Waals surface area contributed by atoms with Crippen molar-refractivity contribution in [3.05, 3.63) is 215 Å². The Kier molecular flexibility index (Phi) is 15.5. The molecule has 0 spiro atoms. The topological polar surface area (TPSA) is 135 Å². The summed E-state index contributed by atoms with van der Waals surface area (Å²) in [5.74, 6) is 0.322. The van der Waals surface area contributed by atoms with E-state index in [0.29, 0.717) is 24.4 Å². The van der Waals surface area contributed by atoms with Crippen LogP contribution < -0.4 is 15.8 Å². The Bertz CT molecular complexity index is 3020. The number of sulfonamides is 1. The number of benzene rings is 7. The summed E-state index contributed by atoms with van der Waals surface area (Å²) in [6.07, 6.45) is 4.00. The van der Waals surface area contributed by atoms with Gasteiger partial charge in [-0.2, -0.15) is 4.31 Å². The fraction of sp³-hybridized carbons (Fsp3) is 0.241. The average molecular weight is 965 g/mol. The minimum atomic E-state index is -4.11. The number of ether oxygens (including phenoxy) is 1. The molecule has 0 unspecified atom stereocenters. The maximum Gasteiger partial charge on any atom is 0.245 e. The third-order valence-corrected chi connectivity index (χ3v) is 15.3. The first kappa shape index (κ1) is 48.7. The van der Waals surface area contributed by atoms with Crippen molar-refractivity contribution in [1.82, 2.24) is 29.9 Å². The van der Waals surface area contributed by atoms with Crippen LogP contribution in [0.3, 0.4) is 0 Å². The summed E-state index contributed by atoms with van der Waals surface area (Å²) >= 11 is 0. The minimum absolute atomic E-state index is 0.0980. The lowest BCUT2D eigenvalue weighted by atomic mass is 9.77. The first-order valence-electron chi connectivity index (χ1n) is 24.5. The summed E-state index contributed by atoms with van der Waals surface area (Å²) in [5, 5.41) is 19.0. The van der Waals surface area contributed by atoms with Crippen LogP contribution in [0.25, 0.3) is 22.5 Å². The highest BCUT2D eigenvalue weighted by Crippen LogP contribution is 2.44. The minimum Gasteiger partial charge on any atom is -0.379 e. The van der Waals surface area contributed by atoms with Crippen molar-refractivity contribution in [3.8, 4) is 22.5 Å². The molecule has 1 fully saturated rings. The van der Waals surface area contributed by atoms with Crippen LogP contribution in [0.1, 0.15) is 66.0 Å². The molecule has 8 aromatic rings. The van der Waals surface area contributed by atoms with Crippen LogP contribution in [0.4, 0.5) is 11.4 Å². The van der Waals surface area contributed by atoms with Crippen LogP contribution in [-0.2, 0) is 37.9 Å². The van der Waals surface area contributed by atoms with Gasteiger partial charge in [0.15, 0.2) is 5.82 Å². The van der Waals surface area contributed by atoms with E-state index in [1.54, 1.807) is 6.07 Å². The number of tetrazole rings is 1. The molecule has 2 heterocycles. The van der Waals surface area contributed by atoms with Crippen LogP contribution in [0.2, 0.25) is 0 Å². The number of anilines is 2. The van der Waals surface area contributed by atoms with Gasteiger partial charge in [-0.15, -0.1) is 5.10 Å². The van der Waals surface area contributed by atoms with E-state index in [-0.39, 0.29) is 55.6 Å². The van der Waals surface area contributed by atoms with Crippen molar-refractivity contribution in [2.45, 2.75) is 55.9 Å². The van der Waals surface area contributed by atoms with E-state index in [1.165, 1.54) is 4.31 Å². The maximum absolute atomic E-state index is 15.0. The molecular weight excluding hydrogens is 905 g/mol. The molecule has 0 bridgehead atoms. The lowest BCUT2D eigenvalue weighted by Crippen LogP contribution is -2.41. The number of hydrogen-bond acceptors (Lipinski definition) is 9. The number of unbranched alkanes of at least 4 members (excludes halogenated alkanes) is 2. The number of aryl methyl sites for hydroxylation is 1. The first-order valence-corrected chi connectivity index (χ1v) is 25.9. The number of nitrogens with one attached hydrogen (secondary N) is 2. The van der Waals surface area contributed by atoms with Crippen molar-refractivity contribution in [1.29, 1.82) is 0 Å². The van der Waals surface area contributed by atoms with Gasteiger partial charge in [-0.3, -0.25) is 4.79 Å². The van der Waals surface area contributed by atoms with Crippen LogP contribution in [0.15, 0.2) is 187 Å². The standard InChI is InChI=1S/C58H60N8O4S/c1-3-4-19-36-65(59-2)51-42-47(56(71(68,69)64-37-39-70-40-38-64)54(43-51)60-55(67)35-32-44-20-9-5-10-21-44)41-45-30-33-46(34-31-45)52-28-17-18-29-53(52)57-61-62-63-66(57)58(48-22-11-6-12-23-48,49-24-13-7-14-25-49)50-26-15-8-16-27-50/h5-18,20-31,33-34,42-43,59H,3-4,19,32,35-41H2,1-2H3,(H,60,67). The fourth-order valence-electron chi connectivity index (χ4n) is 9.72. The van der Waals surface area contributed by atoms with Gasteiger partial charge in [-0.1, -0.05) is 190 Å². The number of morpholine rings is 1. The van der Waals surface area contributed by atoms with Crippen molar-refractivity contribution in [3.63, 3.8) is 0 Å². The number of hydrazine groups is 1. The largest absolute Gasteiger partial charge is 0.379 e. The monoisotopic (exact) mass is 964 g/mol. The summed E-state index contributed by atoms with van der Waals surface area (Å²) in [5.41, 5.74) is 11.6. The number of hydrogen-bond donors (Lipinski definition) is 2. The van der Waals surface area contributed by atoms with E-state index in [4.69, 9.17) is 15.0 Å². The highest BCUT2D eigenvalue weighted by Gasteiger charge is 2.42. The summed E-state index contributed by atoms with van der Waals surface area (Å²) in [6, 6.07) is 61.0. The lowest BCUT2D eigenvalue weighted by Gasteiger charge is -2.36. The zero-order valence-electron chi connectivity index (χ0n) is 40.3. The molecule has 71 heavy (non-hydrogen) atoms. The van der Waals surface area contributed by atoms with Crippen molar-refractivity contribution >= 4 is 27.3 Å². The number of carbonyl (C=O) groups excluding carboxylic acids is 1. The number of carbonyl (C=O) groups is 1. The lowest BCUT2D eigenvalue weighted by molar-refractivity contribution is -0.116. The molecule has 12 nitrogen and oxygen atoms in total. The van der Waals surface area contributed by atoms with Crippen LogP contribution in [0.5, 0.6) is 0 Å². The molecule has 7 aromatic carbocycles. The van der Waals surface area contributed by atoms with Gasteiger partial charge in [0.25, 0.3) is 0 Å². The SMILES string of the molecule is CCCCCN(NC)c1cc(Cc2ccc(-c3ccccc3-c3nnnn3C(c3ccccc3)(c3ccccc3)c3ccccc3)cc2)c(S(=O)(=O)N2CCOCC2)c(NC(=O)CCc2ccccc2)c1.